The number of amides is 1. The van der Waals surface area contributed by atoms with Gasteiger partial charge in [0.2, 0.25) is 10.0 Å². The summed E-state index contributed by atoms with van der Waals surface area (Å²) < 4.78 is 33.5. The highest BCUT2D eigenvalue weighted by molar-refractivity contribution is 7.89. The summed E-state index contributed by atoms with van der Waals surface area (Å²) >= 11 is 6.03. The summed E-state index contributed by atoms with van der Waals surface area (Å²) in [5.41, 5.74) is 3.16. The molecule has 0 spiro atoms. The molecule has 1 amide bonds. The summed E-state index contributed by atoms with van der Waals surface area (Å²) in [4.78, 5) is 16.7. The second-order valence-corrected chi connectivity index (χ2v) is 10.5. The lowest BCUT2D eigenvalue weighted by Crippen LogP contribution is -2.32. The van der Waals surface area contributed by atoms with E-state index in [1.165, 1.54) is 12.1 Å². The van der Waals surface area contributed by atoms with E-state index >= 15 is 0 Å². The first-order valence-electron chi connectivity index (χ1n) is 11.6. The van der Waals surface area contributed by atoms with Crippen LogP contribution < -0.4 is 20.1 Å². The van der Waals surface area contributed by atoms with Crippen LogP contribution in [-0.2, 0) is 21.4 Å². The molecule has 4 rings (SSSR count). The fraction of sp³-hybridized carbons (Fsp3) is 0.185. The van der Waals surface area contributed by atoms with Gasteiger partial charge in [0.25, 0.3) is 5.91 Å². The van der Waals surface area contributed by atoms with Gasteiger partial charge >= 0.3 is 0 Å². The second kappa shape index (κ2) is 12.1. The van der Waals surface area contributed by atoms with Crippen molar-refractivity contribution < 1.29 is 17.9 Å². The van der Waals surface area contributed by atoms with Crippen LogP contribution in [0, 0.1) is 6.92 Å². The van der Waals surface area contributed by atoms with E-state index in [4.69, 9.17) is 16.3 Å². The maximum atomic E-state index is 12.6. The van der Waals surface area contributed by atoms with E-state index in [0.29, 0.717) is 29.4 Å². The lowest BCUT2D eigenvalue weighted by Gasteiger charge is -2.13. The van der Waals surface area contributed by atoms with Crippen LogP contribution in [0.15, 0.2) is 83.9 Å². The molecule has 0 atom stereocenters. The van der Waals surface area contributed by atoms with Crippen LogP contribution >= 0.6 is 11.6 Å². The van der Waals surface area contributed by atoms with E-state index in [9.17, 15) is 13.2 Å². The first-order chi connectivity index (χ1) is 17.8. The summed E-state index contributed by atoms with van der Waals surface area (Å²) in [5, 5.41) is 7.65. The van der Waals surface area contributed by atoms with Crippen molar-refractivity contribution in [2.75, 3.05) is 25.0 Å². The molecule has 4 aromatic rings. The molecular formula is C27H27ClN4O4S. The Labute approximate surface area is 221 Å². The highest BCUT2D eigenvalue weighted by Gasteiger charge is 2.16. The number of benzene rings is 3. The lowest BCUT2D eigenvalue weighted by atomic mass is 10.2. The third kappa shape index (κ3) is 7.19. The number of halogens is 1. The summed E-state index contributed by atoms with van der Waals surface area (Å²) in [7, 11) is -3.69. The molecule has 37 heavy (non-hydrogen) atoms. The van der Waals surface area contributed by atoms with Gasteiger partial charge in [0, 0.05) is 41.9 Å². The average Bonchev–Trinajstić information content (AvgIpc) is 2.89. The lowest BCUT2D eigenvalue weighted by molar-refractivity contribution is -0.123. The topological polar surface area (TPSA) is 109 Å². The Morgan fingerprint density at radius 1 is 1.00 bits per heavy atom. The van der Waals surface area contributed by atoms with Crippen molar-refractivity contribution in [3.05, 3.63) is 95.1 Å². The Hall–Kier alpha value is -3.66. The minimum absolute atomic E-state index is 0.134. The van der Waals surface area contributed by atoms with Gasteiger partial charge in [0.15, 0.2) is 6.61 Å². The first kappa shape index (κ1) is 26.4. The molecule has 10 heteroatoms. The number of ether oxygens (including phenoxy) is 1. The number of sulfonamides is 1. The van der Waals surface area contributed by atoms with Crippen molar-refractivity contribution in [1.29, 1.82) is 0 Å². The summed E-state index contributed by atoms with van der Waals surface area (Å²) in [5.74, 6) is 0.158. The Morgan fingerprint density at radius 2 is 1.81 bits per heavy atom. The van der Waals surface area contributed by atoms with Crippen molar-refractivity contribution in [1.82, 2.24) is 15.0 Å². The number of hydrogen-bond acceptors (Lipinski definition) is 6. The van der Waals surface area contributed by atoms with E-state index in [0.717, 1.165) is 22.2 Å². The Bertz CT molecular complexity index is 1500. The van der Waals surface area contributed by atoms with Crippen molar-refractivity contribution in [2.45, 2.75) is 18.4 Å². The average molecular weight is 539 g/mol. The van der Waals surface area contributed by atoms with E-state index in [1.54, 1.807) is 31.3 Å². The molecule has 1 aromatic heterocycles. The predicted molar refractivity (Wildman–Crippen MR) is 145 cm³/mol. The molecule has 0 radical (unpaired) electrons. The van der Waals surface area contributed by atoms with Crippen LogP contribution in [0.2, 0.25) is 5.02 Å². The van der Waals surface area contributed by atoms with E-state index in [-0.39, 0.29) is 24.0 Å². The van der Waals surface area contributed by atoms with Crippen molar-refractivity contribution in [2.24, 2.45) is 0 Å². The fourth-order valence-electron chi connectivity index (χ4n) is 3.68. The van der Waals surface area contributed by atoms with Gasteiger partial charge in [0.05, 0.1) is 10.4 Å². The number of hydrogen-bond donors (Lipinski definition) is 3. The van der Waals surface area contributed by atoms with Gasteiger partial charge in [-0.1, -0.05) is 41.9 Å². The summed E-state index contributed by atoms with van der Waals surface area (Å²) in [6, 6.07) is 21.2. The van der Waals surface area contributed by atoms with E-state index in [1.807, 2.05) is 42.5 Å². The Kier molecular flexibility index (Phi) is 8.60. The monoisotopic (exact) mass is 538 g/mol. The van der Waals surface area contributed by atoms with Crippen LogP contribution in [-0.4, -0.2) is 39.0 Å². The molecule has 0 saturated heterocycles. The number of fused-ring (bicyclic) bond motifs is 1. The molecule has 0 aliphatic carbocycles. The molecule has 0 saturated carbocycles. The molecule has 0 aliphatic rings. The molecule has 3 N–H and O–H groups in total. The van der Waals surface area contributed by atoms with Gasteiger partial charge < -0.3 is 15.4 Å². The Morgan fingerprint density at radius 3 is 2.59 bits per heavy atom. The first-order valence-corrected chi connectivity index (χ1v) is 13.5. The molecule has 192 valence electrons. The van der Waals surface area contributed by atoms with E-state index in [2.05, 4.69) is 20.3 Å². The van der Waals surface area contributed by atoms with Crippen molar-refractivity contribution in [3.63, 3.8) is 0 Å². The number of carbonyl (C=O) groups is 1. The highest BCUT2D eigenvalue weighted by atomic mass is 35.5. The van der Waals surface area contributed by atoms with E-state index < -0.39 is 10.0 Å². The molecule has 0 aliphatic heterocycles. The zero-order chi connectivity index (χ0) is 26.3. The van der Waals surface area contributed by atoms with Gasteiger partial charge in [-0.2, -0.15) is 0 Å². The normalized spacial score (nSPS) is 11.3. The molecule has 0 unspecified atom stereocenters. The predicted octanol–water partition coefficient (Wildman–Crippen LogP) is 4.28. The summed E-state index contributed by atoms with van der Waals surface area (Å²) in [6.07, 6.45) is 1.70. The zero-order valence-electron chi connectivity index (χ0n) is 20.2. The van der Waals surface area contributed by atoms with Gasteiger partial charge in [-0.05, 0) is 60.5 Å². The number of nitrogens with zero attached hydrogens (tertiary/aromatic N) is 1. The van der Waals surface area contributed by atoms with Gasteiger partial charge in [-0.3, -0.25) is 9.78 Å². The number of carbonyl (C=O) groups excluding carboxylic acids is 1. The maximum Gasteiger partial charge on any atom is 0.258 e. The molecular weight excluding hydrogens is 512 g/mol. The number of rotatable bonds is 11. The highest BCUT2D eigenvalue weighted by Crippen LogP contribution is 2.24. The molecule has 8 nitrogen and oxygen atoms in total. The van der Waals surface area contributed by atoms with Crippen LogP contribution in [0.5, 0.6) is 5.75 Å². The third-order valence-electron chi connectivity index (χ3n) is 5.59. The second-order valence-electron chi connectivity index (χ2n) is 8.32. The summed E-state index contributed by atoms with van der Waals surface area (Å²) in [6.45, 7) is 2.65. The van der Waals surface area contributed by atoms with Crippen molar-refractivity contribution in [3.8, 4) is 5.75 Å². The number of aromatic nitrogens is 1. The number of aryl methyl sites for hydroxylation is 1. The van der Waals surface area contributed by atoms with Crippen LogP contribution in [0.1, 0.15) is 11.1 Å². The molecule has 1 heterocycles. The zero-order valence-corrected chi connectivity index (χ0v) is 21.8. The SMILES string of the molecule is Cc1cc(S(=O)(=O)NCc2ccccc2)ccc1OCC(=O)NCCNc1ccnc2cc(Cl)ccc12. The van der Waals surface area contributed by atoms with Gasteiger partial charge in [-0.15, -0.1) is 0 Å². The number of pyridine rings is 1. The minimum Gasteiger partial charge on any atom is -0.484 e. The minimum atomic E-state index is -3.69. The molecule has 3 aromatic carbocycles. The Balaban J connectivity index is 1.24. The van der Waals surface area contributed by atoms with Gasteiger partial charge in [-0.25, -0.2) is 13.1 Å². The maximum absolute atomic E-state index is 12.6. The fourth-order valence-corrected chi connectivity index (χ4v) is 4.95. The largest absolute Gasteiger partial charge is 0.484 e. The van der Waals surface area contributed by atoms with Crippen LogP contribution in [0.3, 0.4) is 0 Å². The molecule has 0 fully saturated rings. The smallest absolute Gasteiger partial charge is 0.258 e. The quantitative estimate of drug-likeness (QED) is 0.246. The third-order valence-corrected chi connectivity index (χ3v) is 7.23. The molecule has 0 bridgehead atoms. The van der Waals surface area contributed by atoms with Gasteiger partial charge in [0.1, 0.15) is 5.75 Å². The van der Waals surface area contributed by atoms with Crippen LogP contribution in [0.4, 0.5) is 5.69 Å². The number of nitrogens with one attached hydrogen (secondary N) is 3. The standard InChI is InChI=1S/C27H27ClN4O4S/c1-19-15-22(37(34,35)32-17-20-5-3-2-4-6-20)8-10-26(19)36-18-27(33)31-14-13-30-24-11-12-29-25-16-21(28)7-9-23(24)25/h2-12,15-16,32H,13-14,17-18H2,1H3,(H,29,30)(H,31,33). The van der Waals surface area contributed by atoms with Crippen molar-refractivity contribution >= 4 is 44.1 Å². The number of anilines is 1. The van der Waals surface area contributed by atoms with Crippen LogP contribution in [0.25, 0.3) is 10.9 Å².